The number of nitrogens with zero attached hydrogens (tertiary/aromatic N) is 3. The average molecular weight is 361 g/mol. The number of aromatic nitrogens is 2. The molecular weight excluding hydrogens is 338 g/mol. The number of ether oxygens (including phenoxy) is 1. The Balaban J connectivity index is 1.52. The molecule has 1 saturated heterocycles. The number of methoxy groups -OCH3 is 1. The van der Waals surface area contributed by atoms with Gasteiger partial charge in [0.2, 0.25) is 5.88 Å². The third kappa shape index (κ3) is 3.63. The number of carbonyl (C=O) groups excluding carboxylic acids is 1. The first kappa shape index (κ1) is 17.5. The van der Waals surface area contributed by atoms with E-state index in [4.69, 9.17) is 4.74 Å². The highest BCUT2D eigenvalue weighted by Crippen LogP contribution is 2.26. The van der Waals surface area contributed by atoms with Crippen LogP contribution in [0.2, 0.25) is 0 Å². The van der Waals surface area contributed by atoms with Gasteiger partial charge < -0.3 is 9.64 Å². The van der Waals surface area contributed by atoms with Gasteiger partial charge in [-0.05, 0) is 55.0 Å². The van der Waals surface area contributed by atoms with E-state index >= 15 is 0 Å². The normalized spacial score (nSPS) is 17.1. The van der Waals surface area contributed by atoms with Crippen molar-refractivity contribution in [2.24, 2.45) is 5.92 Å². The summed E-state index contributed by atoms with van der Waals surface area (Å²) < 4.78 is 5.26. The zero-order valence-corrected chi connectivity index (χ0v) is 15.5. The van der Waals surface area contributed by atoms with Crippen LogP contribution in [0.25, 0.3) is 10.9 Å². The molecule has 1 atom stereocenters. The summed E-state index contributed by atoms with van der Waals surface area (Å²) in [7, 11) is 1.55. The fraction of sp³-hybridized carbons (Fsp3) is 0.318. The molecule has 1 amide bonds. The SMILES string of the molecule is COc1ncccc1C(=O)N1CCC[C@H](Cc2ccnc3ccccc23)C1. The lowest BCUT2D eigenvalue weighted by molar-refractivity contribution is 0.0669. The van der Waals surface area contributed by atoms with Crippen LogP contribution in [0.1, 0.15) is 28.8 Å². The van der Waals surface area contributed by atoms with Crippen molar-refractivity contribution in [2.45, 2.75) is 19.3 Å². The zero-order valence-electron chi connectivity index (χ0n) is 15.5. The monoisotopic (exact) mass is 361 g/mol. The number of benzene rings is 1. The van der Waals surface area contributed by atoms with Crippen molar-refractivity contribution in [3.05, 3.63) is 66.0 Å². The quantitative estimate of drug-likeness (QED) is 0.710. The van der Waals surface area contributed by atoms with Crippen LogP contribution in [-0.4, -0.2) is 41.0 Å². The first-order valence-electron chi connectivity index (χ1n) is 9.37. The number of likely N-dealkylation sites (tertiary alicyclic amines) is 1. The fourth-order valence-corrected chi connectivity index (χ4v) is 3.95. The van der Waals surface area contributed by atoms with E-state index in [-0.39, 0.29) is 5.91 Å². The van der Waals surface area contributed by atoms with E-state index < -0.39 is 0 Å². The lowest BCUT2D eigenvalue weighted by Crippen LogP contribution is -2.40. The first-order valence-corrected chi connectivity index (χ1v) is 9.37. The van der Waals surface area contributed by atoms with E-state index in [2.05, 4.69) is 28.2 Å². The number of pyridine rings is 2. The summed E-state index contributed by atoms with van der Waals surface area (Å²) in [6, 6.07) is 13.9. The van der Waals surface area contributed by atoms with E-state index in [0.717, 1.165) is 37.9 Å². The Kier molecular flexibility index (Phi) is 5.01. The third-order valence-electron chi connectivity index (χ3n) is 5.25. The zero-order chi connectivity index (χ0) is 18.6. The number of carbonyl (C=O) groups is 1. The Morgan fingerprint density at radius 2 is 2.04 bits per heavy atom. The summed E-state index contributed by atoms with van der Waals surface area (Å²) >= 11 is 0. The molecule has 1 fully saturated rings. The minimum Gasteiger partial charge on any atom is -0.480 e. The van der Waals surface area contributed by atoms with Gasteiger partial charge in [0, 0.05) is 30.9 Å². The van der Waals surface area contributed by atoms with Gasteiger partial charge in [-0.1, -0.05) is 18.2 Å². The van der Waals surface area contributed by atoms with Crippen LogP contribution in [0.15, 0.2) is 54.9 Å². The highest BCUT2D eigenvalue weighted by Gasteiger charge is 2.27. The molecule has 0 spiro atoms. The van der Waals surface area contributed by atoms with Crippen LogP contribution in [0.3, 0.4) is 0 Å². The van der Waals surface area contributed by atoms with Crippen molar-refractivity contribution in [1.29, 1.82) is 0 Å². The second-order valence-corrected chi connectivity index (χ2v) is 7.01. The predicted molar refractivity (Wildman–Crippen MR) is 105 cm³/mol. The van der Waals surface area contributed by atoms with Crippen LogP contribution in [0.4, 0.5) is 0 Å². The van der Waals surface area contributed by atoms with Crippen molar-refractivity contribution < 1.29 is 9.53 Å². The Hall–Kier alpha value is -2.95. The molecule has 0 bridgehead atoms. The number of piperidine rings is 1. The molecule has 1 aliphatic heterocycles. The van der Waals surface area contributed by atoms with Crippen LogP contribution < -0.4 is 4.74 Å². The molecule has 3 aromatic rings. The van der Waals surface area contributed by atoms with E-state index in [0.29, 0.717) is 17.4 Å². The fourth-order valence-electron chi connectivity index (χ4n) is 3.95. The summed E-state index contributed by atoms with van der Waals surface area (Å²) in [6.45, 7) is 1.54. The molecule has 0 aliphatic carbocycles. The van der Waals surface area contributed by atoms with Gasteiger partial charge in [-0.3, -0.25) is 9.78 Å². The average Bonchev–Trinajstić information content (AvgIpc) is 2.73. The molecule has 1 aliphatic rings. The predicted octanol–water partition coefficient (Wildman–Crippen LogP) is 3.73. The van der Waals surface area contributed by atoms with Gasteiger partial charge in [0.05, 0.1) is 12.6 Å². The molecule has 5 nitrogen and oxygen atoms in total. The van der Waals surface area contributed by atoms with E-state index in [1.165, 1.54) is 10.9 Å². The number of amides is 1. The largest absolute Gasteiger partial charge is 0.480 e. The topological polar surface area (TPSA) is 55.3 Å². The maximum atomic E-state index is 13.0. The van der Waals surface area contributed by atoms with Crippen molar-refractivity contribution in [3.63, 3.8) is 0 Å². The van der Waals surface area contributed by atoms with Crippen molar-refractivity contribution in [3.8, 4) is 5.88 Å². The molecule has 4 rings (SSSR count). The number of hydrogen-bond acceptors (Lipinski definition) is 4. The second-order valence-electron chi connectivity index (χ2n) is 7.01. The van der Waals surface area contributed by atoms with Crippen molar-refractivity contribution in [1.82, 2.24) is 14.9 Å². The minimum atomic E-state index is 0.00392. The Bertz CT molecular complexity index is 952. The summed E-state index contributed by atoms with van der Waals surface area (Å²) in [5, 5.41) is 1.21. The smallest absolute Gasteiger partial charge is 0.259 e. The number of para-hydroxylation sites is 1. The van der Waals surface area contributed by atoms with Gasteiger partial charge in [0.15, 0.2) is 0 Å². The molecule has 138 valence electrons. The van der Waals surface area contributed by atoms with Gasteiger partial charge in [-0.2, -0.15) is 0 Å². The van der Waals surface area contributed by atoms with E-state index in [1.54, 1.807) is 25.4 Å². The molecule has 0 N–H and O–H groups in total. The number of hydrogen-bond donors (Lipinski definition) is 0. The van der Waals surface area contributed by atoms with Crippen LogP contribution in [-0.2, 0) is 6.42 Å². The Labute approximate surface area is 159 Å². The van der Waals surface area contributed by atoms with Gasteiger partial charge >= 0.3 is 0 Å². The van der Waals surface area contributed by atoms with Gasteiger partial charge in [0.1, 0.15) is 5.56 Å². The summed E-state index contributed by atoms with van der Waals surface area (Å²) in [5.41, 5.74) is 2.87. The molecule has 2 aromatic heterocycles. The lowest BCUT2D eigenvalue weighted by Gasteiger charge is -2.33. The molecule has 27 heavy (non-hydrogen) atoms. The van der Waals surface area contributed by atoms with Crippen molar-refractivity contribution >= 4 is 16.8 Å². The number of rotatable bonds is 4. The van der Waals surface area contributed by atoms with Gasteiger partial charge in [0.25, 0.3) is 5.91 Å². The minimum absolute atomic E-state index is 0.00392. The highest BCUT2D eigenvalue weighted by molar-refractivity contribution is 5.96. The molecule has 0 saturated carbocycles. The van der Waals surface area contributed by atoms with Gasteiger partial charge in [-0.15, -0.1) is 0 Å². The Morgan fingerprint density at radius 1 is 1.15 bits per heavy atom. The van der Waals surface area contributed by atoms with Crippen molar-refractivity contribution in [2.75, 3.05) is 20.2 Å². The summed E-state index contributed by atoms with van der Waals surface area (Å²) in [6.07, 6.45) is 6.62. The molecule has 3 heterocycles. The van der Waals surface area contributed by atoms with Crippen LogP contribution >= 0.6 is 0 Å². The van der Waals surface area contributed by atoms with E-state index in [9.17, 15) is 4.79 Å². The summed E-state index contributed by atoms with van der Waals surface area (Å²) in [4.78, 5) is 23.5. The van der Waals surface area contributed by atoms with Crippen LogP contribution in [0.5, 0.6) is 5.88 Å². The lowest BCUT2D eigenvalue weighted by atomic mass is 9.90. The Morgan fingerprint density at radius 3 is 2.93 bits per heavy atom. The maximum absolute atomic E-state index is 13.0. The third-order valence-corrected chi connectivity index (χ3v) is 5.25. The molecule has 0 radical (unpaired) electrons. The van der Waals surface area contributed by atoms with Gasteiger partial charge in [-0.25, -0.2) is 4.98 Å². The molecule has 1 aromatic carbocycles. The first-order chi connectivity index (χ1) is 13.3. The molecule has 5 heteroatoms. The molecule has 0 unspecified atom stereocenters. The van der Waals surface area contributed by atoms with E-state index in [1.807, 2.05) is 23.2 Å². The highest BCUT2D eigenvalue weighted by atomic mass is 16.5. The maximum Gasteiger partial charge on any atom is 0.259 e. The second kappa shape index (κ2) is 7.74. The molecular formula is C22H23N3O2. The van der Waals surface area contributed by atoms with Crippen LogP contribution in [0, 0.1) is 5.92 Å². The standard InChI is InChI=1S/C22H23N3O2/c1-27-21-19(8-4-11-24-21)22(26)25-13-5-6-16(15-25)14-17-10-12-23-20-9-3-2-7-18(17)20/h2-4,7-12,16H,5-6,13-15H2,1H3/t16-/m1/s1. The summed E-state index contributed by atoms with van der Waals surface area (Å²) in [5.74, 6) is 0.838. The number of fused-ring (bicyclic) bond motifs is 1.